The molecule has 7 nitrogen and oxygen atoms in total. The van der Waals surface area contributed by atoms with E-state index in [-0.39, 0.29) is 6.61 Å². The molecular formula is C21H23NO6. The van der Waals surface area contributed by atoms with E-state index in [0.29, 0.717) is 37.4 Å². The minimum atomic E-state index is -1.64. The maximum Gasteiger partial charge on any atom is 0.417 e. The maximum atomic E-state index is 11.0. The highest BCUT2D eigenvalue weighted by Crippen LogP contribution is 2.15. The van der Waals surface area contributed by atoms with Crippen molar-refractivity contribution >= 4 is 11.9 Å². The number of aliphatic carboxylic acids is 1. The molecule has 0 unspecified atom stereocenters. The molecule has 0 aliphatic heterocycles. The van der Waals surface area contributed by atoms with Gasteiger partial charge in [-0.25, -0.2) is 9.59 Å². The second kappa shape index (κ2) is 10.2. The van der Waals surface area contributed by atoms with Crippen molar-refractivity contribution in [1.82, 2.24) is 0 Å². The summed E-state index contributed by atoms with van der Waals surface area (Å²) >= 11 is 0. The number of furan rings is 1. The van der Waals surface area contributed by atoms with Gasteiger partial charge in [0.05, 0.1) is 6.61 Å². The van der Waals surface area contributed by atoms with Gasteiger partial charge < -0.3 is 24.7 Å². The fraction of sp³-hybridized carbons (Fsp3) is 0.333. The Morgan fingerprint density at radius 1 is 1.21 bits per heavy atom. The van der Waals surface area contributed by atoms with Crippen LogP contribution in [0.15, 0.2) is 46.9 Å². The highest BCUT2D eigenvalue weighted by Gasteiger charge is 2.23. The van der Waals surface area contributed by atoms with Crippen LogP contribution in [0.25, 0.3) is 0 Å². The molecule has 0 bridgehead atoms. The minimum absolute atomic E-state index is 0.188. The molecular weight excluding hydrogens is 362 g/mol. The maximum absolute atomic E-state index is 11.0. The van der Waals surface area contributed by atoms with Crippen LogP contribution < -0.4 is 10.5 Å². The predicted molar refractivity (Wildman–Crippen MR) is 102 cm³/mol. The largest absolute Gasteiger partial charge is 0.493 e. The van der Waals surface area contributed by atoms with Crippen LogP contribution in [0.4, 0.5) is 0 Å². The fourth-order valence-electron chi connectivity index (χ4n) is 2.24. The van der Waals surface area contributed by atoms with Gasteiger partial charge in [0.2, 0.25) is 0 Å². The lowest BCUT2D eigenvalue weighted by molar-refractivity contribution is -0.164. The molecule has 7 heteroatoms. The Bertz CT molecular complexity index is 845. The normalized spacial score (nSPS) is 12.4. The van der Waals surface area contributed by atoms with Gasteiger partial charge in [0, 0.05) is 18.4 Å². The van der Waals surface area contributed by atoms with E-state index < -0.39 is 17.5 Å². The number of esters is 1. The van der Waals surface area contributed by atoms with Gasteiger partial charge in [-0.1, -0.05) is 24.1 Å². The molecule has 0 aliphatic carbocycles. The smallest absolute Gasteiger partial charge is 0.417 e. The van der Waals surface area contributed by atoms with Gasteiger partial charge in [0.25, 0.3) is 0 Å². The lowest BCUT2D eigenvalue weighted by atomic mass is 9.97. The molecule has 2 rings (SSSR count). The fourth-order valence-corrected chi connectivity index (χ4v) is 2.24. The third-order valence-corrected chi connectivity index (χ3v) is 3.76. The number of hydrogen-bond donors (Lipinski definition) is 2. The molecule has 1 aromatic carbocycles. The van der Waals surface area contributed by atoms with E-state index in [0.717, 1.165) is 5.75 Å². The van der Waals surface area contributed by atoms with Crippen LogP contribution in [0.5, 0.6) is 5.75 Å². The number of carboxylic acids is 1. The standard InChI is InChI=1S/C21H23NO6/c1-21(22,15-27-20(25)19(23)24)13-12-18-11-10-17(28-18)9-5-6-14-26-16-7-3-2-4-8-16/h2-4,7-8,10-11H,6,12-15,22H2,1H3,(H,23,24)/t21-/m1/s1. The molecule has 0 saturated heterocycles. The summed E-state index contributed by atoms with van der Waals surface area (Å²) in [6.45, 7) is 1.98. The van der Waals surface area contributed by atoms with Crippen molar-refractivity contribution in [2.75, 3.05) is 13.2 Å². The summed E-state index contributed by atoms with van der Waals surface area (Å²) in [4.78, 5) is 21.4. The third kappa shape index (κ3) is 7.56. The molecule has 1 atom stereocenters. The quantitative estimate of drug-likeness (QED) is 0.310. The van der Waals surface area contributed by atoms with Crippen molar-refractivity contribution in [3.8, 4) is 17.6 Å². The lowest BCUT2D eigenvalue weighted by Crippen LogP contribution is -2.43. The number of ether oxygens (including phenoxy) is 2. The van der Waals surface area contributed by atoms with Crippen LogP contribution >= 0.6 is 0 Å². The Morgan fingerprint density at radius 2 is 1.96 bits per heavy atom. The van der Waals surface area contributed by atoms with E-state index in [9.17, 15) is 9.59 Å². The molecule has 0 amide bonds. The molecule has 0 radical (unpaired) electrons. The molecule has 0 spiro atoms. The average Bonchev–Trinajstić information content (AvgIpc) is 3.13. The van der Waals surface area contributed by atoms with Crippen LogP contribution in [0, 0.1) is 11.8 Å². The molecule has 1 heterocycles. The van der Waals surface area contributed by atoms with E-state index >= 15 is 0 Å². The molecule has 28 heavy (non-hydrogen) atoms. The first-order valence-electron chi connectivity index (χ1n) is 8.80. The highest BCUT2D eigenvalue weighted by molar-refractivity contribution is 6.28. The third-order valence-electron chi connectivity index (χ3n) is 3.76. The van der Waals surface area contributed by atoms with E-state index in [1.165, 1.54) is 0 Å². The van der Waals surface area contributed by atoms with Crippen LogP contribution in [-0.4, -0.2) is 35.8 Å². The first-order valence-corrected chi connectivity index (χ1v) is 8.80. The van der Waals surface area contributed by atoms with Crippen molar-refractivity contribution in [3.05, 3.63) is 54.0 Å². The van der Waals surface area contributed by atoms with E-state index in [1.807, 2.05) is 36.4 Å². The highest BCUT2D eigenvalue weighted by atomic mass is 16.6. The van der Waals surface area contributed by atoms with Gasteiger partial charge >= 0.3 is 11.9 Å². The van der Waals surface area contributed by atoms with E-state index in [4.69, 9.17) is 20.0 Å². The van der Waals surface area contributed by atoms with Gasteiger partial charge in [-0.15, -0.1) is 0 Å². The summed E-state index contributed by atoms with van der Waals surface area (Å²) < 4.78 is 15.8. The topological polar surface area (TPSA) is 112 Å². The van der Waals surface area contributed by atoms with Crippen molar-refractivity contribution in [3.63, 3.8) is 0 Å². The van der Waals surface area contributed by atoms with Crippen molar-refractivity contribution < 1.29 is 28.6 Å². The second-order valence-electron chi connectivity index (χ2n) is 6.51. The number of carboxylic acid groups (broad SMARTS) is 1. The van der Waals surface area contributed by atoms with Crippen LogP contribution in [0.3, 0.4) is 0 Å². The number of carbonyl (C=O) groups is 2. The average molecular weight is 385 g/mol. The van der Waals surface area contributed by atoms with E-state index in [1.54, 1.807) is 13.0 Å². The molecule has 3 N–H and O–H groups in total. The lowest BCUT2D eigenvalue weighted by Gasteiger charge is -2.23. The van der Waals surface area contributed by atoms with Crippen molar-refractivity contribution in [1.29, 1.82) is 0 Å². The van der Waals surface area contributed by atoms with Crippen molar-refractivity contribution in [2.24, 2.45) is 5.73 Å². The summed E-state index contributed by atoms with van der Waals surface area (Å²) in [5, 5.41) is 8.50. The summed E-state index contributed by atoms with van der Waals surface area (Å²) in [7, 11) is 0. The molecule has 0 saturated carbocycles. The molecule has 1 aromatic heterocycles. The zero-order valence-electron chi connectivity index (χ0n) is 15.6. The Morgan fingerprint density at radius 3 is 2.68 bits per heavy atom. The molecule has 0 fully saturated rings. The summed E-state index contributed by atoms with van der Waals surface area (Å²) in [6.07, 6.45) is 1.53. The first kappa shape index (κ1) is 21.1. The van der Waals surface area contributed by atoms with Crippen molar-refractivity contribution in [2.45, 2.75) is 31.7 Å². The predicted octanol–water partition coefficient (Wildman–Crippen LogP) is 2.38. The minimum Gasteiger partial charge on any atom is -0.493 e. The van der Waals surface area contributed by atoms with Gasteiger partial charge in [-0.2, -0.15) is 0 Å². The number of rotatable bonds is 8. The Hall–Kier alpha value is -3.24. The van der Waals surface area contributed by atoms with Gasteiger partial charge in [0.1, 0.15) is 18.1 Å². The first-order chi connectivity index (χ1) is 13.4. The second-order valence-corrected chi connectivity index (χ2v) is 6.51. The van der Waals surface area contributed by atoms with Gasteiger partial charge in [-0.3, -0.25) is 0 Å². The molecule has 2 aromatic rings. The number of aryl methyl sites for hydroxylation is 1. The van der Waals surface area contributed by atoms with Gasteiger partial charge in [0.15, 0.2) is 5.76 Å². The summed E-state index contributed by atoms with van der Waals surface area (Å²) in [6, 6.07) is 13.1. The number of hydrogen-bond acceptors (Lipinski definition) is 6. The van der Waals surface area contributed by atoms with Crippen LogP contribution in [0.2, 0.25) is 0 Å². The monoisotopic (exact) mass is 385 g/mol. The zero-order valence-corrected chi connectivity index (χ0v) is 15.6. The summed E-state index contributed by atoms with van der Waals surface area (Å²) in [5.74, 6) is 5.03. The molecule has 148 valence electrons. The number of carbonyl (C=O) groups excluding carboxylic acids is 1. The van der Waals surface area contributed by atoms with Crippen LogP contribution in [-0.2, 0) is 20.7 Å². The number of nitrogens with two attached hydrogens (primary N) is 1. The number of benzene rings is 1. The van der Waals surface area contributed by atoms with Gasteiger partial charge in [-0.05, 0) is 43.5 Å². The SMILES string of the molecule is C[C@@](N)(CCc1ccc(C#CCCOc2ccccc2)o1)COC(=O)C(=O)O. The Kier molecular flexibility index (Phi) is 7.66. The number of para-hydroxylation sites is 1. The van der Waals surface area contributed by atoms with Crippen LogP contribution in [0.1, 0.15) is 31.3 Å². The van der Waals surface area contributed by atoms with E-state index in [2.05, 4.69) is 16.6 Å². The summed E-state index contributed by atoms with van der Waals surface area (Å²) in [5.41, 5.74) is 5.17. The molecule has 0 aliphatic rings. The Labute approximate surface area is 163 Å². The Balaban J connectivity index is 1.73. The zero-order chi connectivity index (χ0) is 20.4.